The molecule has 5 nitrogen and oxygen atoms in total. The van der Waals surface area contributed by atoms with E-state index in [9.17, 15) is 0 Å². The Bertz CT molecular complexity index is 769. The molecule has 124 valence electrons. The van der Waals surface area contributed by atoms with Crippen LogP contribution in [-0.2, 0) is 0 Å². The maximum Gasteiger partial charge on any atom is 0.159 e. The summed E-state index contributed by atoms with van der Waals surface area (Å²) < 4.78 is 0. The SMILES string of the molecule is Clc1ccc(-c2[nH]nc(N3CCNCC3)c2C2=CCNC=C2)cc1. The number of nitrogens with zero attached hydrogens (tertiary/aromatic N) is 2. The number of halogens is 1. The van der Waals surface area contributed by atoms with Crippen LogP contribution in [0.3, 0.4) is 0 Å². The Balaban J connectivity index is 1.81. The van der Waals surface area contributed by atoms with Gasteiger partial charge in [0.2, 0.25) is 0 Å². The molecule has 24 heavy (non-hydrogen) atoms. The van der Waals surface area contributed by atoms with E-state index < -0.39 is 0 Å². The Morgan fingerprint density at radius 2 is 1.88 bits per heavy atom. The zero-order chi connectivity index (χ0) is 16.4. The fourth-order valence-electron chi connectivity index (χ4n) is 3.18. The average Bonchev–Trinajstić information content (AvgIpc) is 3.09. The molecule has 3 heterocycles. The second-order valence-corrected chi connectivity index (χ2v) is 6.38. The number of nitrogens with one attached hydrogen (secondary N) is 3. The van der Waals surface area contributed by atoms with E-state index in [-0.39, 0.29) is 0 Å². The van der Waals surface area contributed by atoms with E-state index in [1.807, 2.05) is 30.5 Å². The van der Waals surface area contributed by atoms with Crippen LogP contribution in [-0.4, -0.2) is 42.9 Å². The van der Waals surface area contributed by atoms with Crippen molar-refractivity contribution < 1.29 is 0 Å². The van der Waals surface area contributed by atoms with Gasteiger partial charge in [-0.2, -0.15) is 5.10 Å². The highest BCUT2D eigenvalue weighted by molar-refractivity contribution is 6.30. The zero-order valence-corrected chi connectivity index (χ0v) is 14.1. The molecule has 6 heteroatoms. The number of rotatable bonds is 3. The van der Waals surface area contributed by atoms with Gasteiger partial charge < -0.3 is 15.5 Å². The lowest BCUT2D eigenvalue weighted by atomic mass is 9.99. The van der Waals surface area contributed by atoms with Crippen molar-refractivity contribution in [3.63, 3.8) is 0 Å². The van der Waals surface area contributed by atoms with E-state index in [1.165, 1.54) is 5.57 Å². The Kier molecular flexibility index (Phi) is 4.28. The summed E-state index contributed by atoms with van der Waals surface area (Å²) in [6, 6.07) is 7.90. The summed E-state index contributed by atoms with van der Waals surface area (Å²) in [6.07, 6.45) is 6.31. The molecule has 0 bridgehead atoms. The maximum atomic E-state index is 6.04. The molecular weight excluding hydrogens is 322 g/mol. The molecule has 0 saturated carbocycles. The molecule has 2 aliphatic rings. The number of benzene rings is 1. The quantitative estimate of drug-likeness (QED) is 0.803. The molecule has 3 N–H and O–H groups in total. The van der Waals surface area contributed by atoms with Crippen molar-refractivity contribution in [2.75, 3.05) is 37.6 Å². The van der Waals surface area contributed by atoms with Gasteiger partial charge >= 0.3 is 0 Å². The fraction of sp³-hybridized carbons (Fsp3) is 0.278. The van der Waals surface area contributed by atoms with Crippen LogP contribution in [0.1, 0.15) is 5.56 Å². The third-order valence-electron chi connectivity index (χ3n) is 4.41. The normalized spacial score (nSPS) is 17.5. The number of piperazine rings is 1. The summed E-state index contributed by atoms with van der Waals surface area (Å²) in [5.41, 5.74) is 4.49. The molecule has 2 aliphatic heterocycles. The van der Waals surface area contributed by atoms with Crippen molar-refractivity contribution in [3.05, 3.63) is 53.2 Å². The van der Waals surface area contributed by atoms with Gasteiger partial charge in [0.15, 0.2) is 5.82 Å². The molecule has 0 unspecified atom stereocenters. The van der Waals surface area contributed by atoms with Crippen molar-refractivity contribution in [2.45, 2.75) is 0 Å². The summed E-state index contributed by atoms with van der Waals surface area (Å²) in [7, 11) is 0. The first-order chi connectivity index (χ1) is 11.8. The zero-order valence-electron chi connectivity index (χ0n) is 13.3. The van der Waals surface area contributed by atoms with Gasteiger partial charge in [-0.3, -0.25) is 5.10 Å². The first-order valence-corrected chi connectivity index (χ1v) is 8.61. The second-order valence-electron chi connectivity index (χ2n) is 5.94. The molecule has 0 amide bonds. The highest BCUT2D eigenvalue weighted by Gasteiger charge is 2.23. The summed E-state index contributed by atoms with van der Waals surface area (Å²) in [5.74, 6) is 1.03. The largest absolute Gasteiger partial charge is 0.387 e. The molecule has 1 saturated heterocycles. The minimum Gasteiger partial charge on any atom is -0.387 e. The molecule has 0 spiro atoms. The van der Waals surface area contributed by atoms with Gasteiger partial charge in [0.1, 0.15) is 0 Å². The van der Waals surface area contributed by atoms with E-state index in [1.54, 1.807) is 0 Å². The smallest absolute Gasteiger partial charge is 0.159 e. The van der Waals surface area contributed by atoms with Gasteiger partial charge in [-0.1, -0.05) is 29.8 Å². The van der Waals surface area contributed by atoms with Gasteiger partial charge in [-0.15, -0.1) is 0 Å². The molecular formula is C18H20ClN5. The number of aromatic amines is 1. The Hall–Kier alpha value is -2.24. The fourth-order valence-corrected chi connectivity index (χ4v) is 3.30. The molecule has 0 atom stereocenters. The third-order valence-corrected chi connectivity index (χ3v) is 4.66. The third kappa shape index (κ3) is 2.92. The minimum atomic E-state index is 0.739. The molecule has 1 fully saturated rings. The van der Waals surface area contributed by atoms with E-state index in [4.69, 9.17) is 11.6 Å². The van der Waals surface area contributed by atoms with Crippen LogP contribution in [0.15, 0.2) is 42.6 Å². The standard InChI is InChI=1S/C18H20ClN5/c19-15-3-1-14(2-4-15)17-16(13-5-7-20-8-6-13)18(23-22-17)24-11-9-21-10-12-24/h1-7,20-21H,8-12H2,(H,22,23). The lowest BCUT2D eigenvalue weighted by Crippen LogP contribution is -2.44. The van der Waals surface area contributed by atoms with Crippen LogP contribution in [0.2, 0.25) is 5.02 Å². The van der Waals surface area contributed by atoms with E-state index in [2.05, 4.69) is 37.9 Å². The van der Waals surface area contributed by atoms with E-state index in [0.29, 0.717) is 0 Å². The van der Waals surface area contributed by atoms with Crippen molar-refractivity contribution in [1.82, 2.24) is 20.8 Å². The van der Waals surface area contributed by atoms with Crippen molar-refractivity contribution in [3.8, 4) is 11.3 Å². The monoisotopic (exact) mass is 341 g/mol. The number of allylic oxidation sites excluding steroid dienone is 2. The molecule has 0 aliphatic carbocycles. The van der Waals surface area contributed by atoms with Crippen LogP contribution >= 0.6 is 11.6 Å². The predicted molar refractivity (Wildman–Crippen MR) is 99.2 cm³/mol. The Labute approximate surface area is 146 Å². The van der Waals surface area contributed by atoms with Crippen molar-refractivity contribution in [2.24, 2.45) is 0 Å². The van der Waals surface area contributed by atoms with Gasteiger partial charge in [0, 0.05) is 43.3 Å². The number of hydrogen-bond acceptors (Lipinski definition) is 4. The van der Waals surface area contributed by atoms with Gasteiger partial charge in [0.25, 0.3) is 0 Å². The maximum absolute atomic E-state index is 6.04. The summed E-state index contributed by atoms with van der Waals surface area (Å²) in [6.45, 7) is 4.73. The first kappa shape index (κ1) is 15.3. The second kappa shape index (κ2) is 6.71. The molecule has 2 aromatic rings. The van der Waals surface area contributed by atoms with Crippen LogP contribution in [0.5, 0.6) is 0 Å². The van der Waals surface area contributed by atoms with E-state index in [0.717, 1.165) is 60.4 Å². The van der Waals surface area contributed by atoms with Crippen LogP contribution in [0.25, 0.3) is 16.8 Å². The van der Waals surface area contributed by atoms with Crippen molar-refractivity contribution >= 4 is 23.0 Å². The van der Waals surface area contributed by atoms with Gasteiger partial charge in [0.05, 0.1) is 11.3 Å². The average molecular weight is 342 g/mol. The van der Waals surface area contributed by atoms with Crippen LogP contribution < -0.4 is 15.5 Å². The number of H-pyrrole nitrogens is 1. The highest BCUT2D eigenvalue weighted by atomic mass is 35.5. The van der Waals surface area contributed by atoms with Gasteiger partial charge in [-0.25, -0.2) is 0 Å². The summed E-state index contributed by atoms with van der Waals surface area (Å²) in [4.78, 5) is 2.35. The topological polar surface area (TPSA) is 56.0 Å². The summed E-state index contributed by atoms with van der Waals surface area (Å²) in [5, 5.41) is 15.3. The highest BCUT2D eigenvalue weighted by Crippen LogP contribution is 2.36. The first-order valence-electron chi connectivity index (χ1n) is 8.23. The number of anilines is 1. The number of aromatic nitrogens is 2. The Morgan fingerprint density at radius 1 is 1.08 bits per heavy atom. The predicted octanol–water partition coefficient (Wildman–Crippen LogP) is 2.64. The molecule has 0 radical (unpaired) electrons. The molecule has 4 rings (SSSR count). The minimum absolute atomic E-state index is 0.739. The summed E-state index contributed by atoms with van der Waals surface area (Å²) >= 11 is 6.04. The number of hydrogen-bond donors (Lipinski definition) is 3. The Morgan fingerprint density at radius 3 is 2.58 bits per heavy atom. The molecule has 1 aromatic heterocycles. The lowest BCUT2D eigenvalue weighted by molar-refractivity contribution is 0.584. The molecule has 1 aromatic carbocycles. The van der Waals surface area contributed by atoms with Crippen molar-refractivity contribution in [1.29, 1.82) is 0 Å². The van der Waals surface area contributed by atoms with Crippen LogP contribution in [0.4, 0.5) is 5.82 Å². The van der Waals surface area contributed by atoms with E-state index >= 15 is 0 Å². The van der Waals surface area contributed by atoms with Gasteiger partial charge in [-0.05, 0) is 30.0 Å². The lowest BCUT2D eigenvalue weighted by Gasteiger charge is -2.28. The van der Waals surface area contributed by atoms with Crippen LogP contribution in [0, 0.1) is 0 Å². The number of dihydropyridines is 1.